The standard InChI is InChI=1S/C16H21N3O/c1-11(2)15-9-12(3)18-16(19-15)17-10-13-5-7-14(20-4)8-6-13/h5-9,11H,10H2,1-4H3,(H,17,18,19). The zero-order chi connectivity index (χ0) is 14.5. The molecule has 20 heavy (non-hydrogen) atoms. The van der Waals surface area contributed by atoms with E-state index in [9.17, 15) is 0 Å². The van der Waals surface area contributed by atoms with Gasteiger partial charge in [-0.2, -0.15) is 0 Å². The van der Waals surface area contributed by atoms with Crippen LogP contribution in [0.5, 0.6) is 5.75 Å². The molecule has 4 heteroatoms. The van der Waals surface area contributed by atoms with Crippen molar-refractivity contribution in [3.05, 3.63) is 47.3 Å². The second-order valence-electron chi connectivity index (χ2n) is 5.11. The molecule has 0 amide bonds. The Morgan fingerprint density at radius 2 is 1.85 bits per heavy atom. The molecule has 1 N–H and O–H groups in total. The van der Waals surface area contributed by atoms with Gasteiger partial charge in [-0.1, -0.05) is 26.0 Å². The minimum Gasteiger partial charge on any atom is -0.497 e. The summed E-state index contributed by atoms with van der Waals surface area (Å²) in [5.41, 5.74) is 3.22. The van der Waals surface area contributed by atoms with Crippen molar-refractivity contribution in [2.24, 2.45) is 0 Å². The Morgan fingerprint density at radius 3 is 2.45 bits per heavy atom. The van der Waals surface area contributed by atoms with E-state index in [0.717, 1.165) is 17.1 Å². The van der Waals surface area contributed by atoms with Crippen molar-refractivity contribution in [2.75, 3.05) is 12.4 Å². The lowest BCUT2D eigenvalue weighted by molar-refractivity contribution is 0.414. The Kier molecular flexibility index (Phi) is 4.56. The van der Waals surface area contributed by atoms with Crippen LogP contribution in [0.15, 0.2) is 30.3 Å². The first-order valence-corrected chi connectivity index (χ1v) is 6.81. The lowest BCUT2D eigenvalue weighted by Gasteiger charge is -2.10. The minimum atomic E-state index is 0.401. The smallest absolute Gasteiger partial charge is 0.223 e. The fourth-order valence-electron chi connectivity index (χ4n) is 1.89. The van der Waals surface area contributed by atoms with Gasteiger partial charge in [0.05, 0.1) is 7.11 Å². The van der Waals surface area contributed by atoms with Crippen LogP contribution in [0.4, 0.5) is 5.95 Å². The van der Waals surface area contributed by atoms with Gasteiger partial charge in [0.15, 0.2) is 0 Å². The number of aromatic nitrogens is 2. The molecular weight excluding hydrogens is 250 g/mol. The molecule has 1 heterocycles. The van der Waals surface area contributed by atoms with Gasteiger partial charge < -0.3 is 10.1 Å². The largest absolute Gasteiger partial charge is 0.497 e. The molecule has 0 saturated heterocycles. The molecule has 4 nitrogen and oxygen atoms in total. The maximum Gasteiger partial charge on any atom is 0.223 e. The van der Waals surface area contributed by atoms with E-state index in [4.69, 9.17) is 4.74 Å². The SMILES string of the molecule is COc1ccc(CNc2nc(C)cc(C(C)C)n2)cc1. The number of rotatable bonds is 5. The maximum absolute atomic E-state index is 5.14. The summed E-state index contributed by atoms with van der Waals surface area (Å²) in [6.45, 7) is 6.96. The first-order chi connectivity index (χ1) is 9.58. The fourth-order valence-corrected chi connectivity index (χ4v) is 1.89. The van der Waals surface area contributed by atoms with Crippen molar-refractivity contribution < 1.29 is 4.74 Å². The van der Waals surface area contributed by atoms with Crippen molar-refractivity contribution in [3.8, 4) is 5.75 Å². The van der Waals surface area contributed by atoms with Gasteiger partial charge in [0.1, 0.15) is 5.75 Å². The highest BCUT2D eigenvalue weighted by molar-refractivity contribution is 5.33. The van der Waals surface area contributed by atoms with Crippen molar-refractivity contribution in [1.82, 2.24) is 9.97 Å². The van der Waals surface area contributed by atoms with Crippen molar-refractivity contribution in [2.45, 2.75) is 33.2 Å². The summed E-state index contributed by atoms with van der Waals surface area (Å²) < 4.78 is 5.14. The van der Waals surface area contributed by atoms with E-state index in [2.05, 4.69) is 29.1 Å². The highest BCUT2D eigenvalue weighted by Crippen LogP contribution is 2.16. The van der Waals surface area contributed by atoms with E-state index in [-0.39, 0.29) is 0 Å². The van der Waals surface area contributed by atoms with Crippen LogP contribution in [0.3, 0.4) is 0 Å². The van der Waals surface area contributed by atoms with Crippen LogP contribution in [0, 0.1) is 6.92 Å². The van der Waals surface area contributed by atoms with Gasteiger partial charge in [-0.3, -0.25) is 0 Å². The summed E-state index contributed by atoms with van der Waals surface area (Å²) in [5.74, 6) is 1.95. The number of aryl methyl sites for hydroxylation is 1. The highest BCUT2D eigenvalue weighted by atomic mass is 16.5. The first kappa shape index (κ1) is 14.3. The molecule has 0 unspecified atom stereocenters. The zero-order valence-corrected chi connectivity index (χ0v) is 12.5. The lowest BCUT2D eigenvalue weighted by Crippen LogP contribution is -2.07. The van der Waals surface area contributed by atoms with Crippen LogP contribution in [0.1, 0.15) is 36.7 Å². The second kappa shape index (κ2) is 6.37. The molecular formula is C16H21N3O. The molecule has 106 valence electrons. The average molecular weight is 271 g/mol. The van der Waals surface area contributed by atoms with E-state index in [1.165, 1.54) is 5.56 Å². The molecule has 0 spiro atoms. The molecule has 0 saturated carbocycles. The summed E-state index contributed by atoms with van der Waals surface area (Å²) in [5, 5.41) is 3.27. The summed E-state index contributed by atoms with van der Waals surface area (Å²) in [6, 6.07) is 10.0. The molecule has 0 aliphatic rings. The van der Waals surface area contributed by atoms with Crippen molar-refractivity contribution in [3.63, 3.8) is 0 Å². The van der Waals surface area contributed by atoms with E-state index >= 15 is 0 Å². The highest BCUT2D eigenvalue weighted by Gasteiger charge is 2.05. The number of benzene rings is 1. The molecule has 0 radical (unpaired) electrons. The second-order valence-corrected chi connectivity index (χ2v) is 5.11. The Hall–Kier alpha value is -2.10. The Balaban J connectivity index is 2.06. The number of ether oxygens (including phenoxy) is 1. The predicted molar refractivity (Wildman–Crippen MR) is 81.2 cm³/mol. The Labute approximate surface area is 120 Å². The van der Waals surface area contributed by atoms with Crippen LogP contribution in [-0.4, -0.2) is 17.1 Å². The summed E-state index contributed by atoms with van der Waals surface area (Å²) in [6.07, 6.45) is 0. The summed E-state index contributed by atoms with van der Waals surface area (Å²) in [7, 11) is 1.67. The Morgan fingerprint density at radius 1 is 1.15 bits per heavy atom. The van der Waals surface area contributed by atoms with Gasteiger partial charge in [0.2, 0.25) is 5.95 Å². The van der Waals surface area contributed by atoms with E-state index < -0.39 is 0 Å². The third-order valence-corrected chi connectivity index (χ3v) is 3.08. The molecule has 2 aromatic rings. The van der Waals surface area contributed by atoms with Crippen molar-refractivity contribution in [1.29, 1.82) is 0 Å². The number of nitrogens with zero attached hydrogens (tertiary/aromatic N) is 2. The molecule has 0 aliphatic carbocycles. The molecule has 1 aromatic carbocycles. The number of hydrogen-bond acceptors (Lipinski definition) is 4. The molecule has 0 atom stereocenters. The minimum absolute atomic E-state index is 0.401. The van der Waals surface area contributed by atoms with Gasteiger partial charge in [-0.25, -0.2) is 9.97 Å². The summed E-state index contributed by atoms with van der Waals surface area (Å²) >= 11 is 0. The number of methoxy groups -OCH3 is 1. The van der Waals surface area contributed by atoms with Gasteiger partial charge in [0, 0.05) is 17.9 Å². The number of hydrogen-bond donors (Lipinski definition) is 1. The first-order valence-electron chi connectivity index (χ1n) is 6.81. The van der Waals surface area contributed by atoms with Gasteiger partial charge in [-0.05, 0) is 36.6 Å². The van der Waals surface area contributed by atoms with E-state index in [1.54, 1.807) is 7.11 Å². The summed E-state index contributed by atoms with van der Waals surface area (Å²) in [4.78, 5) is 8.95. The number of anilines is 1. The molecule has 0 bridgehead atoms. The molecule has 0 aliphatic heterocycles. The van der Waals surface area contributed by atoms with Gasteiger partial charge >= 0.3 is 0 Å². The van der Waals surface area contributed by atoms with E-state index in [1.807, 2.05) is 37.3 Å². The maximum atomic E-state index is 5.14. The van der Waals surface area contributed by atoms with Gasteiger partial charge in [0.25, 0.3) is 0 Å². The number of nitrogens with one attached hydrogen (secondary N) is 1. The quantitative estimate of drug-likeness (QED) is 0.903. The topological polar surface area (TPSA) is 47.0 Å². The molecule has 2 rings (SSSR count). The fraction of sp³-hybridized carbons (Fsp3) is 0.375. The van der Waals surface area contributed by atoms with E-state index in [0.29, 0.717) is 18.4 Å². The molecule has 0 fully saturated rings. The molecule has 1 aromatic heterocycles. The van der Waals surface area contributed by atoms with Crippen LogP contribution in [-0.2, 0) is 6.54 Å². The zero-order valence-electron chi connectivity index (χ0n) is 12.5. The monoisotopic (exact) mass is 271 g/mol. The Bertz CT molecular complexity index is 564. The predicted octanol–water partition coefficient (Wildman–Crippen LogP) is 3.53. The van der Waals surface area contributed by atoms with Crippen LogP contribution in [0.2, 0.25) is 0 Å². The third kappa shape index (κ3) is 3.70. The lowest BCUT2D eigenvalue weighted by atomic mass is 10.1. The average Bonchev–Trinajstić information content (AvgIpc) is 2.45. The van der Waals surface area contributed by atoms with Crippen LogP contribution in [0.25, 0.3) is 0 Å². The third-order valence-electron chi connectivity index (χ3n) is 3.08. The van der Waals surface area contributed by atoms with Crippen LogP contribution >= 0.6 is 0 Å². The van der Waals surface area contributed by atoms with Crippen LogP contribution < -0.4 is 10.1 Å². The van der Waals surface area contributed by atoms with Crippen molar-refractivity contribution >= 4 is 5.95 Å². The normalized spacial score (nSPS) is 10.7. The van der Waals surface area contributed by atoms with Gasteiger partial charge in [-0.15, -0.1) is 0 Å².